The molecule has 2 atom stereocenters. The monoisotopic (exact) mass is 336 g/mol. The van der Waals surface area contributed by atoms with Crippen molar-refractivity contribution in [2.45, 2.75) is 5.92 Å². The summed E-state index contributed by atoms with van der Waals surface area (Å²) in [5, 5.41) is 0. The maximum absolute atomic E-state index is 13.3. The van der Waals surface area contributed by atoms with Gasteiger partial charge in [0.05, 0.1) is 5.92 Å². The van der Waals surface area contributed by atoms with Gasteiger partial charge in [-0.15, -0.1) is 0 Å². The van der Waals surface area contributed by atoms with Crippen molar-refractivity contribution in [3.8, 4) is 0 Å². The smallest absolute Gasteiger partial charge is 0.171 e. The van der Waals surface area contributed by atoms with Crippen molar-refractivity contribution in [3.05, 3.63) is 119 Å². The highest BCUT2D eigenvalue weighted by Crippen LogP contribution is 2.37. The van der Waals surface area contributed by atoms with Crippen LogP contribution in [0, 0.1) is 5.92 Å². The number of Topliss-reactive ketones (excluding diaryl/α,β-unsaturated/α-hetero) is 1. The zero-order valence-electron chi connectivity index (χ0n) is 14.5. The van der Waals surface area contributed by atoms with E-state index in [-0.39, 0.29) is 17.6 Å². The predicted octanol–water partition coefficient (Wildman–Crippen LogP) is 6.01. The van der Waals surface area contributed by atoms with Crippen LogP contribution < -0.4 is 0 Å². The quantitative estimate of drug-likeness (QED) is 0.533. The van der Waals surface area contributed by atoms with E-state index < -0.39 is 0 Å². The van der Waals surface area contributed by atoms with Crippen molar-refractivity contribution >= 4 is 17.9 Å². The Bertz CT molecular complexity index is 952. The first-order valence-corrected chi connectivity index (χ1v) is 8.92. The Morgan fingerprint density at radius 2 is 1.42 bits per heavy atom. The number of fused-ring (bicyclic) bond motifs is 1. The van der Waals surface area contributed by atoms with Crippen LogP contribution in [-0.2, 0) is 0 Å². The van der Waals surface area contributed by atoms with E-state index in [2.05, 4.69) is 48.6 Å². The fourth-order valence-electron chi connectivity index (χ4n) is 3.54. The number of benzene rings is 3. The van der Waals surface area contributed by atoms with Gasteiger partial charge in [-0.1, -0.05) is 109 Å². The largest absolute Gasteiger partial charge is 0.293 e. The topological polar surface area (TPSA) is 17.1 Å². The normalized spacial score (nSPS) is 18.6. The van der Waals surface area contributed by atoms with Crippen molar-refractivity contribution in [1.82, 2.24) is 0 Å². The van der Waals surface area contributed by atoms with Crippen LogP contribution in [0.4, 0.5) is 0 Å². The number of ketones is 1. The minimum atomic E-state index is -0.196. The van der Waals surface area contributed by atoms with Crippen LogP contribution in [0.25, 0.3) is 12.2 Å². The lowest BCUT2D eigenvalue weighted by atomic mass is 9.75. The molecule has 0 aliphatic heterocycles. The van der Waals surface area contributed by atoms with Gasteiger partial charge in [0.2, 0.25) is 0 Å². The highest BCUT2D eigenvalue weighted by Gasteiger charge is 2.31. The van der Waals surface area contributed by atoms with Crippen molar-refractivity contribution in [2.24, 2.45) is 5.92 Å². The van der Waals surface area contributed by atoms with E-state index in [0.717, 1.165) is 22.3 Å². The van der Waals surface area contributed by atoms with Crippen LogP contribution in [0.5, 0.6) is 0 Å². The van der Waals surface area contributed by atoms with Gasteiger partial charge in [-0.25, -0.2) is 0 Å². The summed E-state index contributed by atoms with van der Waals surface area (Å²) < 4.78 is 0. The first-order valence-electron chi connectivity index (χ1n) is 8.92. The van der Waals surface area contributed by atoms with Crippen LogP contribution in [0.2, 0.25) is 0 Å². The Morgan fingerprint density at radius 1 is 0.769 bits per heavy atom. The molecule has 1 aliphatic rings. The first kappa shape index (κ1) is 16.3. The highest BCUT2D eigenvalue weighted by molar-refractivity contribution is 6.02. The lowest BCUT2D eigenvalue weighted by Crippen LogP contribution is -2.22. The van der Waals surface area contributed by atoms with Crippen LogP contribution in [0.1, 0.15) is 33.0 Å². The van der Waals surface area contributed by atoms with Crippen molar-refractivity contribution in [2.75, 3.05) is 0 Å². The third-order valence-electron chi connectivity index (χ3n) is 4.87. The van der Waals surface area contributed by atoms with Gasteiger partial charge in [0.15, 0.2) is 5.78 Å². The molecule has 0 heterocycles. The minimum absolute atomic E-state index is 0.0396. The zero-order valence-corrected chi connectivity index (χ0v) is 14.5. The van der Waals surface area contributed by atoms with Gasteiger partial charge in [-0.3, -0.25) is 4.79 Å². The number of carbonyl (C=O) groups is 1. The average Bonchev–Trinajstić information content (AvgIpc) is 2.72. The molecule has 1 aliphatic carbocycles. The number of allylic oxidation sites excluding steroid dienone is 2. The minimum Gasteiger partial charge on any atom is -0.293 e. The molecular weight excluding hydrogens is 316 g/mol. The van der Waals surface area contributed by atoms with Gasteiger partial charge < -0.3 is 0 Å². The van der Waals surface area contributed by atoms with Crippen molar-refractivity contribution in [1.29, 1.82) is 0 Å². The molecule has 0 radical (unpaired) electrons. The second-order valence-electron chi connectivity index (χ2n) is 6.54. The molecule has 0 saturated carbocycles. The second-order valence-corrected chi connectivity index (χ2v) is 6.54. The number of hydrogen-bond donors (Lipinski definition) is 0. The Balaban J connectivity index is 1.73. The zero-order chi connectivity index (χ0) is 17.8. The van der Waals surface area contributed by atoms with Gasteiger partial charge >= 0.3 is 0 Å². The third-order valence-corrected chi connectivity index (χ3v) is 4.87. The summed E-state index contributed by atoms with van der Waals surface area (Å²) >= 11 is 0. The first-order chi connectivity index (χ1) is 12.8. The summed E-state index contributed by atoms with van der Waals surface area (Å²) in [7, 11) is 0. The Labute approximate surface area is 154 Å². The molecule has 0 aromatic heterocycles. The fraction of sp³-hybridized carbons (Fsp3) is 0.0800. The average molecular weight is 336 g/mol. The number of rotatable bonds is 4. The maximum atomic E-state index is 13.3. The lowest BCUT2D eigenvalue weighted by Gasteiger charge is -2.27. The summed E-state index contributed by atoms with van der Waals surface area (Å²) in [6.07, 6.45) is 8.53. The lowest BCUT2D eigenvalue weighted by molar-refractivity contribution is 0.0948. The summed E-state index contributed by atoms with van der Waals surface area (Å²) in [6.45, 7) is 0. The summed E-state index contributed by atoms with van der Waals surface area (Å²) in [4.78, 5) is 13.3. The fourth-order valence-corrected chi connectivity index (χ4v) is 3.54. The molecule has 0 amide bonds. The molecule has 1 nitrogen and oxygen atoms in total. The molecule has 126 valence electrons. The van der Waals surface area contributed by atoms with Crippen molar-refractivity contribution in [3.63, 3.8) is 0 Å². The van der Waals surface area contributed by atoms with Gasteiger partial charge in [-0.2, -0.15) is 0 Å². The van der Waals surface area contributed by atoms with E-state index in [4.69, 9.17) is 0 Å². The molecule has 0 N–H and O–H groups in total. The summed E-state index contributed by atoms with van der Waals surface area (Å²) in [5.41, 5.74) is 4.14. The molecule has 3 aromatic carbocycles. The molecule has 0 saturated heterocycles. The van der Waals surface area contributed by atoms with Crippen LogP contribution >= 0.6 is 0 Å². The molecule has 4 rings (SSSR count). The van der Waals surface area contributed by atoms with E-state index in [1.165, 1.54) is 0 Å². The molecule has 26 heavy (non-hydrogen) atoms. The van der Waals surface area contributed by atoms with E-state index in [1.54, 1.807) is 0 Å². The third kappa shape index (κ3) is 3.29. The van der Waals surface area contributed by atoms with Crippen molar-refractivity contribution < 1.29 is 4.79 Å². The molecule has 0 bridgehead atoms. The molecular formula is C25H20O. The maximum Gasteiger partial charge on any atom is 0.171 e. The van der Waals surface area contributed by atoms with Crippen LogP contribution in [-0.4, -0.2) is 5.78 Å². The molecule has 0 fully saturated rings. The Kier molecular flexibility index (Phi) is 4.61. The van der Waals surface area contributed by atoms with Gasteiger partial charge in [0.1, 0.15) is 0 Å². The molecule has 0 unspecified atom stereocenters. The van der Waals surface area contributed by atoms with Crippen LogP contribution in [0.3, 0.4) is 0 Å². The summed E-state index contributed by atoms with van der Waals surface area (Å²) in [5.74, 6) is 0.0153. The second kappa shape index (κ2) is 7.37. The Morgan fingerprint density at radius 3 is 2.19 bits per heavy atom. The predicted molar refractivity (Wildman–Crippen MR) is 108 cm³/mol. The Hall–Kier alpha value is -3.19. The molecule has 1 heteroatoms. The van der Waals surface area contributed by atoms with Gasteiger partial charge in [-0.05, 0) is 16.7 Å². The van der Waals surface area contributed by atoms with E-state index in [9.17, 15) is 4.79 Å². The number of carbonyl (C=O) groups excluding carboxylic acids is 1. The highest BCUT2D eigenvalue weighted by atomic mass is 16.1. The van der Waals surface area contributed by atoms with Crippen LogP contribution in [0.15, 0.2) is 97.1 Å². The van der Waals surface area contributed by atoms with E-state index >= 15 is 0 Å². The van der Waals surface area contributed by atoms with Gasteiger partial charge in [0.25, 0.3) is 0 Å². The van der Waals surface area contributed by atoms with Gasteiger partial charge in [0, 0.05) is 11.5 Å². The number of hydrogen-bond acceptors (Lipinski definition) is 1. The summed E-state index contributed by atoms with van der Waals surface area (Å²) in [6, 6.07) is 28.0. The standard InChI is InChI=1S/C25H20O/c26-25(22-12-5-2-6-13-22)24-21(16-15-19-9-3-1-4-10-19)18-17-20-11-7-8-14-23(20)24/h1-18,21,24H/b16-15-/t21-,24+/m0/s1. The van der Waals surface area contributed by atoms with E-state index in [1.807, 2.05) is 60.7 Å². The molecule has 3 aromatic rings. The SMILES string of the molecule is O=C(c1ccccc1)[C@H]1c2ccccc2C=C[C@@H]1/C=C\c1ccccc1. The van der Waals surface area contributed by atoms with E-state index in [0.29, 0.717) is 0 Å². The molecule has 0 spiro atoms.